The molecule has 0 fully saturated rings. The molecule has 1 rings (SSSR count). The maximum atomic E-state index is 11.2. The molecule has 0 aliphatic carbocycles. The van der Waals surface area contributed by atoms with Crippen molar-refractivity contribution in [2.75, 3.05) is 6.61 Å². The lowest BCUT2D eigenvalue weighted by molar-refractivity contribution is -0.149. The minimum atomic E-state index is -0.351. The molecule has 4 heteroatoms. The summed E-state index contributed by atoms with van der Waals surface area (Å²) in [7, 11) is 0. The summed E-state index contributed by atoms with van der Waals surface area (Å²) in [6.45, 7) is 5.52. The largest absolute Gasteiger partial charge is 0.482 e. The number of halogens is 1. The molecule has 0 aromatic heterocycles. The molecule has 0 aliphatic heterocycles. The second-order valence-corrected chi connectivity index (χ2v) is 4.59. The Morgan fingerprint density at radius 1 is 1.44 bits per heavy atom. The Morgan fingerprint density at radius 2 is 2.12 bits per heavy atom. The zero-order valence-corrected chi connectivity index (χ0v) is 11.2. The van der Waals surface area contributed by atoms with E-state index in [1.54, 1.807) is 6.07 Å². The van der Waals surface area contributed by atoms with E-state index in [1.165, 1.54) is 0 Å². The first-order valence-electron chi connectivity index (χ1n) is 5.07. The Kier molecular flexibility index (Phi) is 4.80. The van der Waals surface area contributed by atoms with Crippen molar-refractivity contribution in [2.45, 2.75) is 26.9 Å². The molecule has 16 heavy (non-hydrogen) atoms. The van der Waals surface area contributed by atoms with E-state index in [0.29, 0.717) is 5.75 Å². The lowest BCUT2D eigenvalue weighted by Gasteiger charge is -2.09. The molecule has 0 amide bonds. The van der Waals surface area contributed by atoms with Crippen molar-refractivity contribution < 1.29 is 14.3 Å². The fourth-order valence-electron chi connectivity index (χ4n) is 1.15. The Balaban J connectivity index is 2.48. The maximum Gasteiger partial charge on any atom is 0.344 e. The quantitative estimate of drug-likeness (QED) is 0.798. The predicted molar refractivity (Wildman–Crippen MR) is 65.6 cm³/mol. The summed E-state index contributed by atoms with van der Waals surface area (Å²) in [5, 5.41) is 0. The molecule has 3 nitrogen and oxygen atoms in total. The lowest BCUT2D eigenvalue weighted by Crippen LogP contribution is -2.18. The van der Waals surface area contributed by atoms with E-state index >= 15 is 0 Å². The van der Waals surface area contributed by atoms with Gasteiger partial charge >= 0.3 is 5.97 Å². The molecule has 0 unspecified atom stereocenters. The van der Waals surface area contributed by atoms with Crippen LogP contribution in [0, 0.1) is 6.92 Å². The van der Waals surface area contributed by atoms with E-state index in [1.807, 2.05) is 32.9 Å². The minimum absolute atomic E-state index is 0.0563. The third-order valence-corrected chi connectivity index (χ3v) is 2.74. The van der Waals surface area contributed by atoms with Crippen LogP contribution in [0.3, 0.4) is 0 Å². The molecule has 0 radical (unpaired) electrons. The first kappa shape index (κ1) is 13.0. The number of esters is 1. The molecule has 0 N–H and O–H groups in total. The van der Waals surface area contributed by atoms with Gasteiger partial charge in [-0.3, -0.25) is 0 Å². The van der Waals surface area contributed by atoms with Crippen molar-refractivity contribution in [3.8, 4) is 5.75 Å². The normalized spacial score (nSPS) is 10.3. The minimum Gasteiger partial charge on any atom is -0.482 e. The summed E-state index contributed by atoms with van der Waals surface area (Å²) in [4.78, 5) is 11.2. The van der Waals surface area contributed by atoms with Crippen LogP contribution in [-0.2, 0) is 9.53 Å². The van der Waals surface area contributed by atoms with Gasteiger partial charge in [-0.15, -0.1) is 0 Å². The molecule has 0 heterocycles. The maximum absolute atomic E-state index is 11.2. The highest BCUT2D eigenvalue weighted by Gasteiger charge is 2.06. The number of carbonyl (C=O) groups is 1. The summed E-state index contributed by atoms with van der Waals surface area (Å²) >= 11 is 3.39. The van der Waals surface area contributed by atoms with Gasteiger partial charge in [0.25, 0.3) is 0 Å². The third-order valence-electron chi connectivity index (χ3n) is 1.85. The monoisotopic (exact) mass is 286 g/mol. The number of ether oxygens (including phenoxy) is 2. The van der Waals surface area contributed by atoms with Crippen LogP contribution >= 0.6 is 15.9 Å². The van der Waals surface area contributed by atoms with Crippen LogP contribution in [0.15, 0.2) is 22.7 Å². The van der Waals surface area contributed by atoms with Crippen LogP contribution in [0.4, 0.5) is 0 Å². The Morgan fingerprint density at radius 3 is 2.69 bits per heavy atom. The van der Waals surface area contributed by atoms with Crippen LogP contribution < -0.4 is 4.74 Å². The molecule has 0 bridgehead atoms. The number of aryl methyl sites for hydroxylation is 1. The smallest absolute Gasteiger partial charge is 0.344 e. The van der Waals surface area contributed by atoms with Crippen LogP contribution in [0.5, 0.6) is 5.75 Å². The van der Waals surface area contributed by atoms with Crippen LogP contribution in [0.1, 0.15) is 19.4 Å². The average molecular weight is 287 g/mol. The van der Waals surface area contributed by atoms with E-state index in [2.05, 4.69) is 15.9 Å². The van der Waals surface area contributed by atoms with Gasteiger partial charge in [-0.05, 0) is 44.5 Å². The first-order valence-corrected chi connectivity index (χ1v) is 5.87. The second kappa shape index (κ2) is 5.89. The van der Waals surface area contributed by atoms with Crippen molar-refractivity contribution in [2.24, 2.45) is 0 Å². The fraction of sp³-hybridized carbons (Fsp3) is 0.417. The predicted octanol–water partition coefficient (Wildman–Crippen LogP) is 3.09. The lowest BCUT2D eigenvalue weighted by atomic mass is 10.2. The fourth-order valence-corrected chi connectivity index (χ4v) is 1.39. The topological polar surface area (TPSA) is 35.5 Å². The van der Waals surface area contributed by atoms with E-state index in [9.17, 15) is 4.79 Å². The SMILES string of the molecule is Cc1cc(OCC(=O)OC(C)C)ccc1Br. The van der Waals surface area contributed by atoms with Crippen molar-refractivity contribution in [1.82, 2.24) is 0 Å². The van der Waals surface area contributed by atoms with Gasteiger partial charge in [0.15, 0.2) is 6.61 Å². The number of rotatable bonds is 4. The summed E-state index contributed by atoms with van der Waals surface area (Å²) < 4.78 is 11.3. The van der Waals surface area contributed by atoms with E-state index in [4.69, 9.17) is 9.47 Å². The van der Waals surface area contributed by atoms with Crippen molar-refractivity contribution in [3.05, 3.63) is 28.2 Å². The van der Waals surface area contributed by atoms with Gasteiger partial charge in [0, 0.05) is 4.47 Å². The van der Waals surface area contributed by atoms with Gasteiger partial charge in [-0.2, -0.15) is 0 Å². The van der Waals surface area contributed by atoms with Gasteiger partial charge in [-0.25, -0.2) is 4.79 Å². The number of benzene rings is 1. The van der Waals surface area contributed by atoms with Crippen LogP contribution in [-0.4, -0.2) is 18.7 Å². The summed E-state index contributed by atoms with van der Waals surface area (Å²) in [5.41, 5.74) is 1.06. The van der Waals surface area contributed by atoms with Gasteiger partial charge in [0.05, 0.1) is 6.10 Å². The highest BCUT2D eigenvalue weighted by Crippen LogP contribution is 2.21. The average Bonchev–Trinajstić information content (AvgIpc) is 2.19. The first-order chi connectivity index (χ1) is 7.49. The molecule has 0 aliphatic rings. The molecular weight excluding hydrogens is 272 g/mol. The molecule has 88 valence electrons. The second-order valence-electron chi connectivity index (χ2n) is 3.74. The third kappa shape index (κ3) is 4.23. The van der Waals surface area contributed by atoms with Crippen LogP contribution in [0.2, 0.25) is 0 Å². The molecule has 0 saturated carbocycles. The van der Waals surface area contributed by atoms with Gasteiger partial charge < -0.3 is 9.47 Å². The van der Waals surface area contributed by atoms with Crippen molar-refractivity contribution >= 4 is 21.9 Å². The summed E-state index contributed by atoms with van der Waals surface area (Å²) in [5.74, 6) is 0.317. The molecular formula is C12H15BrO3. The van der Waals surface area contributed by atoms with E-state index in [0.717, 1.165) is 10.0 Å². The number of hydrogen-bond donors (Lipinski definition) is 0. The number of carbonyl (C=O) groups excluding carboxylic acids is 1. The molecule has 0 spiro atoms. The highest BCUT2D eigenvalue weighted by atomic mass is 79.9. The highest BCUT2D eigenvalue weighted by molar-refractivity contribution is 9.10. The van der Waals surface area contributed by atoms with Crippen LogP contribution in [0.25, 0.3) is 0 Å². The van der Waals surface area contributed by atoms with E-state index in [-0.39, 0.29) is 18.7 Å². The van der Waals surface area contributed by atoms with E-state index < -0.39 is 0 Å². The Hall–Kier alpha value is -1.03. The Bertz CT molecular complexity index is 375. The summed E-state index contributed by atoms with van der Waals surface area (Å²) in [6, 6.07) is 5.56. The van der Waals surface area contributed by atoms with Gasteiger partial charge in [0.1, 0.15) is 5.75 Å². The van der Waals surface area contributed by atoms with Crippen molar-refractivity contribution in [1.29, 1.82) is 0 Å². The molecule has 0 atom stereocenters. The zero-order chi connectivity index (χ0) is 12.1. The zero-order valence-electron chi connectivity index (χ0n) is 9.62. The van der Waals surface area contributed by atoms with Gasteiger partial charge in [-0.1, -0.05) is 15.9 Å². The van der Waals surface area contributed by atoms with Gasteiger partial charge in [0.2, 0.25) is 0 Å². The molecule has 1 aromatic carbocycles. The molecule has 0 saturated heterocycles. The van der Waals surface area contributed by atoms with Crippen molar-refractivity contribution in [3.63, 3.8) is 0 Å². The summed E-state index contributed by atoms with van der Waals surface area (Å²) in [6.07, 6.45) is -0.109. The standard InChI is InChI=1S/C12H15BrO3/c1-8(2)16-12(14)7-15-10-4-5-11(13)9(3)6-10/h4-6,8H,7H2,1-3H3. The molecule has 1 aromatic rings. The number of hydrogen-bond acceptors (Lipinski definition) is 3. The Labute approximate surface area is 104 Å².